The monoisotopic (exact) mass is 1250 g/mol. The highest BCUT2D eigenvalue weighted by atomic mass is 31.2. The molecule has 16 nitrogen and oxygen atoms in total. The van der Waals surface area contributed by atoms with Crippen molar-refractivity contribution in [3.8, 4) is 0 Å². The van der Waals surface area contributed by atoms with Gasteiger partial charge in [0.2, 0.25) is 0 Å². The van der Waals surface area contributed by atoms with Gasteiger partial charge in [0, 0.05) is 157 Å². The summed E-state index contributed by atoms with van der Waals surface area (Å²) in [6, 6.07) is 0. The lowest BCUT2D eigenvalue weighted by Crippen LogP contribution is -2.39. The van der Waals surface area contributed by atoms with Crippen LogP contribution >= 0.6 is 30.0 Å². The summed E-state index contributed by atoms with van der Waals surface area (Å²) in [5.41, 5.74) is 0.228. The second kappa shape index (κ2) is 30.5. The predicted octanol–water partition coefficient (Wildman–Crippen LogP) is 16.1. The summed E-state index contributed by atoms with van der Waals surface area (Å²) in [7, 11) is -6.54. The Morgan fingerprint density at radius 1 is 0.155 bits per heavy atom. The van der Waals surface area contributed by atoms with E-state index in [-0.39, 0.29) is 22.2 Å². The molecule has 0 saturated carbocycles. The summed E-state index contributed by atoms with van der Waals surface area (Å²) in [6.45, 7) is 57.9. The highest BCUT2D eigenvalue weighted by Crippen LogP contribution is 2.68. The molecule has 0 bridgehead atoms. The third-order valence-corrected chi connectivity index (χ3v) is 36.7. The molecule has 12 aliphatic heterocycles. The van der Waals surface area contributed by atoms with Gasteiger partial charge in [0.1, 0.15) is 0 Å². The van der Waals surface area contributed by atoms with Crippen molar-refractivity contribution in [2.75, 3.05) is 157 Å². The van der Waals surface area contributed by atoms with E-state index in [4.69, 9.17) is 19.0 Å². The SMILES string of the molecule is CC(C)(C)N=P(N1CCCC1)(N1CCCC1)N1CCCC1.CC(C)(C)N=P(N1CCCC1)(N1CCCC1)N1CCCC1.CC(C)(C)N=P(N1CCCC1)(N1CCCC1)N1CCCC1.CC(C)(C)N=P(N1CCCC1)(N1CCCC1)N1CCCC1. The molecule has 0 unspecified atom stereocenters. The number of hydrogen-bond acceptors (Lipinski definition) is 4. The van der Waals surface area contributed by atoms with E-state index < -0.39 is 30.0 Å². The molecule has 488 valence electrons. The molecular weight excluding hydrogens is 1120 g/mol. The Hall–Kier alpha value is 0.440. The Balaban J connectivity index is 0.000000134. The minimum absolute atomic E-state index is 0.0571. The van der Waals surface area contributed by atoms with Gasteiger partial charge in [-0.3, -0.25) is 19.0 Å². The standard InChI is InChI=1S/4C16H33N4P/c4*1-16(2,3)17-21(18-10-4-5-11-18,19-12-6-7-13-19)20-14-8-9-15-20/h4*4-15H2,1-3H3. The van der Waals surface area contributed by atoms with Gasteiger partial charge in [0.05, 0.1) is 22.2 Å². The second-order valence-corrected chi connectivity index (χ2v) is 43.0. The van der Waals surface area contributed by atoms with Crippen LogP contribution in [0.25, 0.3) is 0 Å². The second-order valence-electron chi connectivity index (χ2n) is 31.2. The molecule has 0 spiro atoms. The first-order valence-corrected chi connectivity index (χ1v) is 42.1. The molecule has 84 heavy (non-hydrogen) atoms. The molecular formula is C64H132N16P4. The summed E-state index contributed by atoms with van der Waals surface area (Å²) in [5.74, 6) is 0. The van der Waals surface area contributed by atoms with Gasteiger partial charge >= 0.3 is 0 Å². The van der Waals surface area contributed by atoms with Crippen molar-refractivity contribution in [1.29, 1.82) is 0 Å². The zero-order valence-corrected chi connectivity index (χ0v) is 60.5. The molecule has 12 heterocycles. The molecule has 12 fully saturated rings. The fourth-order valence-corrected chi connectivity index (χ4v) is 35.0. The Morgan fingerprint density at radius 2 is 0.226 bits per heavy atom. The van der Waals surface area contributed by atoms with Crippen molar-refractivity contribution in [1.82, 2.24) is 56.0 Å². The molecule has 12 rings (SSSR count). The maximum atomic E-state index is 5.58. The fraction of sp³-hybridized carbons (Fsp3) is 1.00. The van der Waals surface area contributed by atoms with Crippen LogP contribution in [0.2, 0.25) is 0 Å². The minimum Gasteiger partial charge on any atom is -0.255 e. The maximum Gasteiger partial charge on any atom is 0.168 e. The third kappa shape index (κ3) is 16.8. The normalized spacial score (nSPS) is 26.8. The lowest BCUT2D eigenvalue weighted by atomic mass is 10.1. The first-order chi connectivity index (χ1) is 40.1. The van der Waals surface area contributed by atoms with Crippen LogP contribution in [0.4, 0.5) is 0 Å². The minimum atomic E-state index is -1.64. The van der Waals surface area contributed by atoms with E-state index in [0.29, 0.717) is 0 Å². The molecule has 0 N–H and O–H groups in total. The molecule has 0 aliphatic carbocycles. The highest BCUT2D eigenvalue weighted by Gasteiger charge is 2.49. The van der Waals surface area contributed by atoms with Crippen LogP contribution in [0.15, 0.2) is 19.0 Å². The Labute approximate surface area is 518 Å². The van der Waals surface area contributed by atoms with Gasteiger partial charge in [0.15, 0.2) is 30.0 Å². The first kappa shape index (κ1) is 68.8. The third-order valence-electron chi connectivity index (χ3n) is 19.3. The lowest BCUT2D eigenvalue weighted by Gasteiger charge is -2.47. The maximum absolute atomic E-state index is 5.58. The number of hydrogen-bond donors (Lipinski definition) is 0. The topological polar surface area (TPSA) is 88.3 Å². The van der Waals surface area contributed by atoms with Gasteiger partial charge < -0.3 is 0 Å². The van der Waals surface area contributed by atoms with Gasteiger partial charge in [-0.25, -0.2) is 56.0 Å². The Kier molecular flexibility index (Phi) is 24.9. The van der Waals surface area contributed by atoms with E-state index in [1.165, 1.54) is 311 Å². The van der Waals surface area contributed by atoms with E-state index in [9.17, 15) is 0 Å². The molecule has 12 aliphatic rings. The van der Waals surface area contributed by atoms with Crippen LogP contribution in [0.3, 0.4) is 0 Å². The molecule has 12 saturated heterocycles. The van der Waals surface area contributed by atoms with Crippen LogP contribution in [-0.4, -0.2) is 235 Å². The summed E-state index contributed by atoms with van der Waals surface area (Å²) in [5, 5.41) is 0. The van der Waals surface area contributed by atoms with Crippen molar-refractivity contribution in [3.63, 3.8) is 0 Å². The van der Waals surface area contributed by atoms with Crippen molar-refractivity contribution < 1.29 is 0 Å². The van der Waals surface area contributed by atoms with Gasteiger partial charge in [-0.15, -0.1) is 0 Å². The molecule has 0 radical (unpaired) electrons. The van der Waals surface area contributed by atoms with E-state index in [2.05, 4.69) is 139 Å². The van der Waals surface area contributed by atoms with Crippen molar-refractivity contribution >= 4 is 30.0 Å². The summed E-state index contributed by atoms with van der Waals surface area (Å²) in [6.07, 6.45) is 32.7. The molecule has 0 aromatic carbocycles. The van der Waals surface area contributed by atoms with E-state index in [1.54, 1.807) is 0 Å². The van der Waals surface area contributed by atoms with Gasteiger partial charge in [-0.2, -0.15) is 0 Å². The summed E-state index contributed by atoms with van der Waals surface area (Å²) < 4.78 is 55.9. The zero-order valence-electron chi connectivity index (χ0n) is 56.9. The molecule has 20 heteroatoms. The predicted molar refractivity (Wildman–Crippen MR) is 366 cm³/mol. The smallest absolute Gasteiger partial charge is 0.168 e. The van der Waals surface area contributed by atoms with Crippen LogP contribution in [0.5, 0.6) is 0 Å². The van der Waals surface area contributed by atoms with E-state index in [0.717, 1.165) is 0 Å². The van der Waals surface area contributed by atoms with Crippen molar-refractivity contribution in [2.45, 2.75) is 259 Å². The fourth-order valence-electron chi connectivity index (χ4n) is 16.1. The first-order valence-electron chi connectivity index (χ1n) is 35.7. The number of nitrogens with zero attached hydrogens (tertiary/aromatic N) is 16. The quantitative estimate of drug-likeness (QED) is 0.174. The lowest BCUT2D eigenvalue weighted by molar-refractivity contribution is 0.374. The molecule has 0 amide bonds. The Morgan fingerprint density at radius 3 is 0.286 bits per heavy atom. The zero-order chi connectivity index (χ0) is 59.7. The molecule has 0 aromatic heterocycles. The molecule has 0 atom stereocenters. The van der Waals surface area contributed by atoms with Crippen LogP contribution < -0.4 is 0 Å². The largest absolute Gasteiger partial charge is 0.255 e. The summed E-state index contributed by atoms with van der Waals surface area (Å²) >= 11 is 0. The van der Waals surface area contributed by atoms with Gasteiger partial charge in [-0.1, -0.05) is 0 Å². The number of rotatable bonds is 12. The average molecular weight is 1250 g/mol. The van der Waals surface area contributed by atoms with Gasteiger partial charge in [-0.05, 0) is 237 Å². The van der Waals surface area contributed by atoms with E-state index in [1.807, 2.05) is 0 Å². The van der Waals surface area contributed by atoms with Crippen LogP contribution in [0, 0.1) is 0 Å². The van der Waals surface area contributed by atoms with Crippen molar-refractivity contribution in [2.24, 2.45) is 19.0 Å². The van der Waals surface area contributed by atoms with Gasteiger partial charge in [0.25, 0.3) is 0 Å². The summed E-state index contributed by atoms with van der Waals surface area (Å²) in [4.78, 5) is 0. The molecule has 0 aromatic rings. The van der Waals surface area contributed by atoms with E-state index >= 15 is 0 Å². The van der Waals surface area contributed by atoms with Crippen molar-refractivity contribution in [3.05, 3.63) is 0 Å². The van der Waals surface area contributed by atoms with Crippen LogP contribution in [0.1, 0.15) is 237 Å². The average Bonchev–Trinajstić information content (AvgIpc) is 2.01. The Bertz CT molecular complexity index is 1710. The highest BCUT2D eigenvalue weighted by molar-refractivity contribution is 7.60. The van der Waals surface area contributed by atoms with Crippen LogP contribution in [-0.2, 0) is 0 Å².